The highest BCUT2D eigenvalue weighted by molar-refractivity contribution is 6.32. The molecule has 0 atom stereocenters. The summed E-state index contributed by atoms with van der Waals surface area (Å²) in [6, 6.07) is 11.8. The first-order valence-corrected chi connectivity index (χ1v) is 7.02. The zero-order chi connectivity index (χ0) is 14.5. The van der Waals surface area contributed by atoms with Crippen molar-refractivity contribution in [3.8, 4) is 5.75 Å². The molecule has 104 valence electrons. The van der Waals surface area contributed by atoms with Gasteiger partial charge in [0.25, 0.3) is 0 Å². The van der Waals surface area contributed by atoms with Gasteiger partial charge in [-0.2, -0.15) is 0 Å². The Morgan fingerprint density at radius 2 is 2.00 bits per heavy atom. The molecule has 2 aromatic carbocycles. The summed E-state index contributed by atoms with van der Waals surface area (Å²) in [7, 11) is 0. The van der Waals surface area contributed by atoms with Crippen LogP contribution in [-0.2, 0) is 0 Å². The molecule has 0 bridgehead atoms. The van der Waals surface area contributed by atoms with Crippen LogP contribution in [0.15, 0.2) is 41.4 Å². The molecule has 0 heterocycles. The van der Waals surface area contributed by atoms with Gasteiger partial charge in [0.15, 0.2) is 0 Å². The smallest absolute Gasteiger partial charge is 0.137 e. The Kier molecular flexibility index (Phi) is 4.80. The molecule has 0 spiro atoms. The van der Waals surface area contributed by atoms with E-state index in [9.17, 15) is 0 Å². The lowest BCUT2D eigenvalue weighted by atomic mass is 10.1. The summed E-state index contributed by atoms with van der Waals surface area (Å²) >= 11 is 6.16. The number of hydrogen-bond acceptors (Lipinski definition) is 2. The lowest BCUT2D eigenvalue weighted by molar-refractivity contribution is 0.340. The SMILES string of the molecule is CCOc1ccc(C=Nc2cccc(C)c2C)cc1Cl. The molecule has 0 saturated carbocycles. The summed E-state index contributed by atoms with van der Waals surface area (Å²) in [6.45, 7) is 6.71. The van der Waals surface area contributed by atoms with Crippen molar-refractivity contribution in [3.05, 3.63) is 58.1 Å². The van der Waals surface area contributed by atoms with Gasteiger partial charge < -0.3 is 4.74 Å². The molecule has 2 aromatic rings. The van der Waals surface area contributed by atoms with Crippen LogP contribution in [0.2, 0.25) is 5.02 Å². The molecule has 20 heavy (non-hydrogen) atoms. The van der Waals surface area contributed by atoms with Crippen LogP contribution < -0.4 is 4.74 Å². The van der Waals surface area contributed by atoms with Crippen LogP contribution in [0.4, 0.5) is 5.69 Å². The second-order valence-corrected chi connectivity index (χ2v) is 5.01. The average Bonchev–Trinajstić information content (AvgIpc) is 2.43. The molecule has 0 fully saturated rings. The molecule has 3 heteroatoms. The van der Waals surface area contributed by atoms with Gasteiger partial charge in [-0.3, -0.25) is 4.99 Å². The fourth-order valence-corrected chi connectivity index (χ4v) is 2.13. The predicted octanol–water partition coefficient (Wildman–Crippen LogP) is 5.11. The summed E-state index contributed by atoms with van der Waals surface area (Å²) in [5.41, 5.74) is 4.37. The lowest BCUT2D eigenvalue weighted by Gasteiger charge is -2.06. The van der Waals surface area contributed by atoms with Gasteiger partial charge in [-0.05, 0) is 61.7 Å². The predicted molar refractivity (Wildman–Crippen MR) is 85.8 cm³/mol. The van der Waals surface area contributed by atoms with E-state index in [-0.39, 0.29) is 0 Å². The molecule has 0 unspecified atom stereocenters. The Morgan fingerprint density at radius 1 is 1.20 bits per heavy atom. The van der Waals surface area contributed by atoms with Gasteiger partial charge in [-0.15, -0.1) is 0 Å². The van der Waals surface area contributed by atoms with Gasteiger partial charge in [0.1, 0.15) is 5.75 Å². The largest absolute Gasteiger partial charge is 0.492 e. The number of ether oxygens (including phenoxy) is 1. The maximum atomic E-state index is 6.16. The first-order valence-electron chi connectivity index (χ1n) is 6.64. The van der Waals surface area contributed by atoms with Crippen molar-refractivity contribution in [2.24, 2.45) is 4.99 Å². The van der Waals surface area contributed by atoms with Crippen molar-refractivity contribution < 1.29 is 4.74 Å². The van der Waals surface area contributed by atoms with Crippen LogP contribution in [0.1, 0.15) is 23.6 Å². The highest BCUT2D eigenvalue weighted by Gasteiger charge is 2.02. The van der Waals surface area contributed by atoms with Crippen molar-refractivity contribution in [1.82, 2.24) is 0 Å². The Hall–Kier alpha value is -1.80. The van der Waals surface area contributed by atoms with Crippen molar-refractivity contribution in [3.63, 3.8) is 0 Å². The molecule has 0 aliphatic rings. The van der Waals surface area contributed by atoms with Gasteiger partial charge >= 0.3 is 0 Å². The molecule has 0 saturated heterocycles. The Morgan fingerprint density at radius 3 is 2.70 bits per heavy atom. The normalized spacial score (nSPS) is 11.0. The van der Waals surface area contributed by atoms with E-state index in [1.165, 1.54) is 11.1 Å². The summed E-state index contributed by atoms with van der Waals surface area (Å²) in [6.07, 6.45) is 1.82. The van der Waals surface area contributed by atoms with Gasteiger partial charge in [-0.1, -0.05) is 23.7 Å². The highest BCUT2D eigenvalue weighted by atomic mass is 35.5. The van der Waals surface area contributed by atoms with Gasteiger partial charge in [0, 0.05) is 6.21 Å². The minimum atomic E-state index is 0.607. The molecule has 0 amide bonds. The third kappa shape index (κ3) is 3.40. The van der Waals surface area contributed by atoms with Crippen LogP contribution in [0.3, 0.4) is 0 Å². The zero-order valence-electron chi connectivity index (χ0n) is 12.0. The molecule has 2 nitrogen and oxygen atoms in total. The monoisotopic (exact) mass is 287 g/mol. The van der Waals surface area contributed by atoms with Crippen molar-refractivity contribution in [2.75, 3.05) is 6.61 Å². The first-order chi connectivity index (χ1) is 9.61. The van der Waals surface area contributed by atoms with Gasteiger partial charge in [-0.25, -0.2) is 0 Å². The summed E-state index contributed by atoms with van der Waals surface area (Å²) in [5, 5.41) is 0.608. The molecule has 0 aliphatic carbocycles. The molecular weight excluding hydrogens is 270 g/mol. The molecular formula is C17H18ClNO. The molecule has 2 rings (SSSR count). The minimum Gasteiger partial charge on any atom is -0.492 e. The van der Waals surface area contributed by atoms with Crippen LogP contribution in [0.25, 0.3) is 0 Å². The quantitative estimate of drug-likeness (QED) is 0.716. The van der Waals surface area contributed by atoms with Crippen molar-refractivity contribution >= 4 is 23.5 Å². The second-order valence-electron chi connectivity index (χ2n) is 4.60. The maximum Gasteiger partial charge on any atom is 0.137 e. The van der Waals surface area contributed by atoms with Crippen LogP contribution in [-0.4, -0.2) is 12.8 Å². The van der Waals surface area contributed by atoms with E-state index in [0.717, 1.165) is 11.3 Å². The Labute approximate surface area is 125 Å². The van der Waals surface area contributed by atoms with Crippen LogP contribution in [0.5, 0.6) is 5.75 Å². The first kappa shape index (κ1) is 14.6. The summed E-state index contributed by atoms with van der Waals surface area (Å²) in [5.74, 6) is 0.707. The Balaban J connectivity index is 2.23. The van der Waals surface area contributed by atoms with Crippen LogP contribution >= 0.6 is 11.6 Å². The lowest BCUT2D eigenvalue weighted by Crippen LogP contribution is -1.93. The fraction of sp³-hybridized carbons (Fsp3) is 0.235. The molecule has 0 N–H and O–H groups in total. The number of benzene rings is 2. The van der Waals surface area contributed by atoms with E-state index in [4.69, 9.17) is 16.3 Å². The number of hydrogen-bond donors (Lipinski definition) is 0. The number of halogens is 1. The topological polar surface area (TPSA) is 21.6 Å². The third-order valence-corrected chi connectivity index (χ3v) is 3.48. The molecule has 0 aliphatic heterocycles. The van der Waals surface area contributed by atoms with E-state index in [2.05, 4.69) is 24.9 Å². The summed E-state index contributed by atoms with van der Waals surface area (Å²) in [4.78, 5) is 4.53. The van der Waals surface area contributed by atoms with Crippen LogP contribution in [0, 0.1) is 13.8 Å². The van der Waals surface area contributed by atoms with Crippen molar-refractivity contribution in [1.29, 1.82) is 0 Å². The zero-order valence-corrected chi connectivity index (χ0v) is 12.7. The molecule has 0 aromatic heterocycles. The second kappa shape index (κ2) is 6.58. The third-order valence-electron chi connectivity index (χ3n) is 3.18. The number of nitrogens with zero attached hydrogens (tertiary/aromatic N) is 1. The Bertz CT molecular complexity index is 635. The fourth-order valence-electron chi connectivity index (χ4n) is 1.89. The average molecular weight is 288 g/mol. The van der Waals surface area contributed by atoms with Gasteiger partial charge in [0.2, 0.25) is 0 Å². The number of aliphatic imine (C=N–C) groups is 1. The minimum absolute atomic E-state index is 0.607. The van der Waals surface area contributed by atoms with Crippen molar-refractivity contribution in [2.45, 2.75) is 20.8 Å². The standard InChI is InChI=1S/C17H18ClNO/c1-4-20-17-9-8-14(10-15(17)18)11-19-16-7-5-6-12(2)13(16)3/h5-11H,4H2,1-3H3. The highest BCUT2D eigenvalue weighted by Crippen LogP contribution is 2.26. The van der Waals surface area contributed by atoms with E-state index < -0.39 is 0 Å². The van der Waals surface area contributed by atoms with E-state index in [1.807, 2.05) is 43.5 Å². The van der Waals surface area contributed by atoms with E-state index >= 15 is 0 Å². The van der Waals surface area contributed by atoms with E-state index in [1.54, 1.807) is 0 Å². The number of aryl methyl sites for hydroxylation is 1. The number of rotatable bonds is 4. The summed E-state index contributed by atoms with van der Waals surface area (Å²) < 4.78 is 5.41. The molecule has 0 radical (unpaired) electrons. The van der Waals surface area contributed by atoms with Gasteiger partial charge in [0.05, 0.1) is 17.3 Å². The van der Waals surface area contributed by atoms with E-state index in [0.29, 0.717) is 17.4 Å². The maximum absolute atomic E-state index is 6.16.